The van der Waals surface area contributed by atoms with Crippen LogP contribution in [0.15, 0.2) is 131 Å². The molecule has 0 aliphatic rings. The maximum Gasteiger partial charge on any atom is 0.161 e. The summed E-state index contributed by atoms with van der Waals surface area (Å²) < 4.78 is 12.8. The van der Waals surface area contributed by atoms with Gasteiger partial charge in [0, 0.05) is 39.9 Å². The lowest BCUT2D eigenvalue weighted by molar-refractivity contribution is 0.669. The molecule has 196 valence electrons. The average Bonchev–Trinajstić information content (AvgIpc) is 3.63. The minimum absolute atomic E-state index is 0.745. The molecule has 6 heteroatoms. The molecule has 0 saturated heterocycles. The van der Waals surface area contributed by atoms with Crippen molar-refractivity contribution < 1.29 is 8.83 Å². The first-order valence-electron chi connectivity index (χ1n) is 13.7. The SMILES string of the molecule is c1ccc2nc(-c3cc(-c4ccnc5c4oc4ccccc45)cc(-c4ccnc5c4oc4ccccc45)c3)cnc2c1. The lowest BCUT2D eigenvalue weighted by atomic mass is 9.95. The Kier molecular flexibility index (Phi) is 4.80. The standard InChI is InChI=1S/C36H20N4O2/c1-5-11-31-26(7-1)33-35(41-31)24(13-15-37-33)21-17-22(19-23(18-21)30-20-39-28-9-3-4-10-29(28)40-30)25-14-16-38-34-27-8-2-6-12-32(27)42-36(25)34/h1-20H. The van der Waals surface area contributed by atoms with Gasteiger partial charge in [-0.15, -0.1) is 0 Å². The molecule has 0 atom stereocenters. The summed E-state index contributed by atoms with van der Waals surface area (Å²) in [5, 5.41) is 1.98. The maximum absolute atomic E-state index is 6.38. The molecule has 6 nitrogen and oxygen atoms in total. The van der Waals surface area contributed by atoms with Crippen molar-refractivity contribution in [2.24, 2.45) is 0 Å². The second-order valence-corrected chi connectivity index (χ2v) is 10.3. The number of fused-ring (bicyclic) bond motifs is 7. The lowest BCUT2D eigenvalue weighted by Gasteiger charge is -2.11. The highest BCUT2D eigenvalue weighted by molar-refractivity contribution is 6.09. The zero-order valence-electron chi connectivity index (χ0n) is 22.2. The van der Waals surface area contributed by atoms with Gasteiger partial charge in [0.25, 0.3) is 0 Å². The van der Waals surface area contributed by atoms with E-state index in [0.29, 0.717) is 0 Å². The lowest BCUT2D eigenvalue weighted by Crippen LogP contribution is -1.92. The van der Waals surface area contributed by atoms with E-state index in [-0.39, 0.29) is 0 Å². The highest BCUT2D eigenvalue weighted by Crippen LogP contribution is 2.40. The van der Waals surface area contributed by atoms with Gasteiger partial charge >= 0.3 is 0 Å². The molecule has 5 aromatic heterocycles. The van der Waals surface area contributed by atoms with Crippen LogP contribution >= 0.6 is 0 Å². The van der Waals surface area contributed by atoms with Gasteiger partial charge in [-0.05, 0) is 77.9 Å². The molecule has 0 radical (unpaired) electrons. The number of furan rings is 2. The second-order valence-electron chi connectivity index (χ2n) is 10.3. The molecule has 4 aromatic carbocycles. The van der Waals surface area contributed by atoms with Crippen LogP contribution in [0.2, 0.25) is 0 Å². The van der Waals surface area contributed by atoms with Crippen LogP contribution in [0.25, 0.3) is 88.7 Å². The second kappa shape index (κ2) is 8.81. The molecule has 0 unspecified atom stereocenters. The fraction of sp³-hybridized carbons (Fsp3) is 0. The van der Waals surface area contributed by atoms with Crippen LogP contribution in [0.4, 0.5) is 0 Å². The Hall–Kier alpha value is -5.88. The van der Waals surface area contributed by atoms with Gasteiger partial charge in [0.05, 0.1) is 22.9 Å². The molecule has 0 bridgehead atoms. The molecule has 0 spiro atoms. The molecular formula is C36H20N4O2. The largest absolute Gasteiger partial charge is 0.454 e. The first kappa shape index (κ1) is 22.9. The third-order valence-electron chi connectivity index (χ3n) is 7.82. The Morgan fingerprint density at radius 2 is 1.00 bits per heavy atom. The monoisotopic (exact) mass is 540 g/mol. The van der Waals surface area contributed by atoms with E-state index in [1.165, 1.54) is 0 Å². The number of nitrogens with zero attached hydrogens (tertiary/aromatic N) is 4. The summed E-state index contributed by atoms with van der Waals surface area (Å²) in [4.78, 5) is 19.0. The van der Waals surface area contributed by atoms with Gasteiger partial charge in [0.1, 0.15) is 22.2 Å². The van der Waals surface area contributed by atoms with Gasteiger partial charge in [-0.1, -0.05) is 36.4 Å². The highest BCUT2D eigenvalue weighted by atomic mass is 16.3. The molecule has 0 fully saturated rings. The van der Waals surface area contributed by atoms with E-state index in [0.717, 1.165) is 88.7 Å². The van der Waals surface area contributed by atoms with Crippen molar-refractivity contribution in [3.8, 4) is 33.5 Å². The summed E-state index contributed by atoms with van der Waals surface area (Å²) in [6, 6.07) is 34.4. The first-order valence-corrected chi connectivity index (χ1v) is 13.7. The van der Waals surface area contributed by atoms with Crippen LogP contribution in [0.1, 0.15) is 0 Å². The number of hydrogen-bond donors (Lipinski definition) is 0. The first-order chi connectivity index (χ1) is 20.8. The molecule has 5 heterocycles. The Bertz CT molecular complexity index is 2360. The van der Waals surface area contributed by atoms with Gasteiger partial charge in [-0.25, -0.2) is 4.98 Å². The van der Waals surface area contributed by atoms with E-state index in [9.17, 15) is 0 Å². The van der Waals surface area contributed by atoms with Gasteiger partial charge in [-0.3, -0.25) is 15.0 Å². The van der Waals surface area contributed by atoms with Gasteiger partial charge in [0.15, 0.2) is 11.2 Å². The fourth-order valence-electron chi connectivity index (χ4n) is 5.85. The minimum Gasteiger partial charge on any atom is -0.454 e. The van der Waals surface area contributed by atoms with Gasteiger partial charge in [-0.2, -0.15) is 0 Å². The van der Waals surface area contributed by atoms with E-state index in [1.807, 2.05) is 104 Å². The quantitative estimate of drug-likeness (QED) is 0.222. The number of pyridine rings is 2. The fourth-order valence-corrected chi connectivity index (χ4v) is 5.85. The van der Waals surface area contributed by atoms with Crippen LogP contribution in [-0.4, -0.2) is 19.9 Å². The van der Waals surface area contributed by atoms with Crippen molar-refractivity contribution in [1.82, 2.24) is 19.9 Å². The Morgan fingerprint density at radius 1 is 0.476 bits per heavy atom. The summed E-state index contributed by atoms with van der Waals surface area (Å²) in [6.45, 7) is 0. The maximum atomic E-state index is 6.38. The smallest absolute Gasteiger partial charge is 0.161 e. The number of aromatic nitrogens is 4. The Labute approximate surface area is 238 Å². The van der Waals surface area contributed by atoms with Crippen molar-refractivity contribution >= 4 is 55.2 Å². The molecule has 42 heavy (non-hydrogen) atoms. The zero-order chi connectivity index (χ0) is 27.6. The average molecular weight is 541 g/mol. The van der Waals surface area contributed by atoms with Crippen LogP contribution in [0.3, 0.4) is 0 Å². The Morgan fingerprint density at radius 3 is 1.62 bits per heavy atom. The normalized spacial score (nSPS) is 11.8. The van der Waals surface area contributed by atoms with E-state index in [1.54, 1.807) is 0 Å². The number of para-hydroxylation sites is 4. The predicted octanol–water partition coefficient (Wildman–Crippen LogP) is 9.22. The third-order valence-corrected chi connectivity index (χ3v) is 7.82. The highest BCUT2D eigenvalue weighted by Gasteiger charge is 2.18. The third kappa shape index (κ3) is 3.45. The number of rotatable bonds is 3. The Balaban J connectivity index is 1.34. The van der Waals surface area contributed by atoms with Crippen molar-refractivity contribution in [2.75, 3.05) is 0 Å². The summed E-state index contributed by atoms with van der Waals surface area (Å²) in [5.41, 5.74) is 12.0. The van der Waals surface area contributed by atoms with E-state index in [4.69, 9.17) is 18.8 Å². The zero-order valence-corrected chi connectivity index (χ0v) is 22.2. The summed E-state index contributed by atoms with van der Waals surface area (Å²) in [5.74, 6) is 0. The molecule has 9 rings (SSSR count). The molecule has 0 aliphatic carbocycles. The van der Waals surface area contributed by atoms with E-state index >= 15 is 0 Å². The van der Waals surface area contributed by atoms with Crippen molar-refractivity contribution in [1.29, 1.82) is 0 Å². The molecule has 9 aromatic rings. The van der Waals surface area contributed by atoms with Crippen LogP contribution in [0.5, 0.6) is 0 Å². The molecule has 0 saturated carbocycles. The molecule has 0 aliphatic heterocycles. The van der Waals surface area contributed by atoms with Gasteiger partial charge in [0.2, 0.25) is 0 Å². The van der Waals surface area contributed by atoms with Crippen LogP contribution < -0.4 is 0 Å². The van der Waals surface area contributed by atoms with Crippen molar-refractivity contribution in [2.45, 2.75) is 0 Å². The van der Waals surface area contributed by atoms with Crippen LogP contribution in [0, 0.1) is 0 Å². The number of hydrogen-bond acceptors (Lipinski definition) is 6. The van der Waals surface area contributed by atoms with E-state index in [2.05, 4.69) is 28.2 Å². The predicted molar refractivity (Wildman–Crippen MR) is 166 cm³/mol. The van der Waals surface area contributed by atoms with Crippen molar-refractivity contribution in [3.63, 3.8) is 0 Å². The van der Waals surface area contributed by atoms with Gasteiger partial charge < -0.3 is 8.83 Å². The summed E-state index contributed by atoms with van der Waals surface area (Å²) >= 11 is 0. The van der Waals surface area contributed by atoms with E-state index < -0.39 is 0 Å². The minimum atomic E-state index is 0.745. The summed E-state index contributed by atoms with van der Waals surface area (Å²) in [6.07, 6.45) is 5.51. The van der Waals surface area contributed by atoms with Crippen LogP contribution in [-0.2, 0) is 0 Å². The van der Waals surface area contributed by atoms with Crippen molar-refractivity contribution in [3.05, 3.63) is 122 Å². The topological polar surface area (TPSA) is 77.8 Å². The molecule has 0 N–H and O–H groups in total. The molecule has 0 amide bonds. The summed E-state index contributed by atoms with van der Waals surface area (Å²) in [7, 11) is 0. The number of benzene rings is 4. The molecular weight excluding hydrogens is 520 g/mol.